The highest BCUT2D eigenvalue weighted by molar-refractivity contribution is 5.85. The van der Waals surface area contributed by atoms with Crippen LogP contribution in [0.2, 0.25) is 0 Å². The molecule has 3 heteroatoms. The van der Waals surface area contributed by atoms with Crippen molar-refractivity contribution in [3.63, 3.8) is 0 Å². The Morgan fingerprint density at radius 3 is 2.85 bits per heavy atom. The van der Waals surface area contributed by atoms with Crippen molar-refractivity contribution in [3.8, 4) is 0 Å². The van der Waals surface area contributed by atoms with Crippen molar-refractivity contribution < 1.29 is 9.90 Å². The van der Waals surface area contributed by atoms with E-state index in [2.05, 4.69) is 24.8 Å². The molecule has 1 aromatic carbocycles. The first-order valence-electron chi connectivity index (χ1n) is 7.27. The molecule has 0 aromatic heterocycles. The summed E-state index contributed by atoms with van der Waals surface area (Å²) in [4.78, 5) is 13.1. The Balaban J connectivity index is 2.05. The van der Waals surface area contributed by atoms with Gasteiger partial charge in [-0.3, -0.25) is 4.90 Å². The first-order valence-corrected chi connectivity index (χ1v) is 7.27. The largest absolute Gasteiger partial charge is 0.478 e. The van der Waals surface area contributed by atoms with Gasteiger partial charge in [0.2, 0.25) is 0 Å². The van der Waals surface area contributed by atoms with Crippen LogP contribution in [0.15, 0.2) is 30.3 Å². The van der Waals surface area contributed by atoms with Crippen molar-refractivity contribution in [1.29, 1.82) is 0 Å². The maximum Gasteiger partial charge on any atom is 0.328 e. The topological polar surface area (TPSA) is 40.5 Å². The second kappa shape index (κ2) is 6.71. The fraction of sp³-hybridized carbons (Fsp3) is 0.471. The average molecular weight is 273 g/mol. The smallest absolute Gasteiger partial charge is 0.328 e. The van der Waals surface area contributed by atoms with Crippen LogP contribution in [-0.2, 0) is 11.3 Å². The maximum atomic E-state index is 10.6. The van der Waals surface area contributed by atoms with E-state index in [-0.39, 0.29) is 0 Å². The van der Waals surface area contributed by atoms with Crippen LogP contribution >= 0.6 is 0 Å². The highest BCUT2D eigenvalue weighted by atomic mass is 16.4. The molecule has 1 N–H and O–H groups in total. The highest BCUT2D eigenvalue weighted by Crippen LogP contribution is 2.25. The van der Waals surface area contributed by atoms with Crippen LogP contribution in [0.4, 0.5) is 0 Å². The molecule has 1 saturated heterocycles. The third kappa shape index (κ3) is 3.94. The number of carbonyl (C=O) groups is 1. The van der Waals surface area contributed by atoms with Gasteiger partial charge in [-0.2, -0.15) is 0 Å². The highest BCUT2D eigenvalue weighted by Gasteiger charge is 2.24. The molecule has 3 nitrogen and oxygen atoms in total. The fourth-order valence-electron chi connectivity index (χ4n) is 2.79. The quantitative estimate of drug-likeness (QED) is 0.837. The zero-order valence-electron chi connectivity index (χ0n) is 12.2. The molecule has 20 heavy (non-hydrogen) atoms. The summed E-state index contributed by atoms with van der Waals surface area (Å²) in [6.07, 6.45) is 4.16. The van der Waals surface area contributed by atoms with E-state index in [9.17, 15) is 4.79 Å². The summed E-state index contributed by atoms with van der Waals surface area (Å²) >= 11 is 0. The van der Waals surface area contributed by atoms with Crippen LogP contribution in [0.25, 0.3) is 6.08 Å². The van der Waals surface area contributed by atoms with Gasteiger partial charge >= 0.3 is 5.97 Å². The molecule has 108 valence electrons. The summed E-state index contributed by atoms with van der Waals surface area (Å²) in [7, 11) is 0. The van der Waals surface area contributed by atoms with Crippen LogP contribution in [0.3, 0.4) is 0 Å². The predicted octanol–water partition coefficient (Wildman–Crippen LogP) is 3.26. The van der Waals surface area contributed by atoms with E-state index in [1.807, 2.05) is 18.2 Å². The van der Waals surface area contributed by atoms with Gasteiger partial charge in [0.25, 0.3) is 0 Å². The molecule has 0 spiro atoms. The van der Waals surface area contributed by atoms with Gasteiger partial charge in [-0.1, -0.05) is 38.1 Å². The van der Waals surface area contributed by atoms with E-state index in [0.29, 0.717) is 0 Å². The van der Waals surface area contributed by atoms with Gasteiger partial charge < -0.3 is 5.11 Å². The molecule has 1 aliphatic rings. The molecular formula is C17H23NO2. The Labute approximate surface area is 120 Å². The van der Waals surface area contributed by atoms with E-state index in [0.717, 1.165) is 37.0 Å². The number of hydrogen-bond acceptors (Lipinski definition) is 2. The number of carboxylic acids is 1. The molecule has 0 radical (unpaired) electrons. The van der Waals surface area contributed by atoms with Gasteiger partial charge in [-0.15, -0.1) is 0 Å². The van der Waals surface area contributed by atoms with Gasteiger partial charge in [0.05, 0.1) is 0 Å². The molecule has 0 saturated carbocycles. The summed E-state index contributed by atoms with van der Waals surface area (Å²) in [5, 5.41) is 8.75. The third-order valence-electron chi connectivity index (χ3n) is 4.11. The molecule has 1 aromatic rings. The van der Waals surface area contributed by atoms with Gasteiger partial charge in [0.15, 0.2) is 0 Å². The van der Waals surface area contributed by atoms with Crippen LogP contribution in [-0.4, -0.2) is 29.1 Å². The van der Waals surface area contributed by atoms with E-state index < -0.39 is 5.97 Å². The van der Waals surface area contributed by atoms with Gasteiger partial charge in [0.1, 0.15) is 0 Å². The van der Waals surface area contributed by atoms with Gasteiger partial charge in [-0.05, 0) is 42.0 Å². The van der Waals surface area contributed by atoms with Gasteiger partial charge in [0, 0.05) is 19.2 Å². The van der Waals surface area contributed by atoms with Crippen molar-refractivity contribution in [3.05, 3.63) is 41.5 Å². The maximum absolute atomic E-state index is 10.6. The summed E-state index contributed by atoms with van der Waals surface area (Å²) in [6.45, 7) is 7.77. The molecule has 1 unspecified atom stereocenters. The second-order valence-corrected chi connectivity index (χ2v) is 5.90. The fourth-order valence-corrected chi connectivity index (χ4v) is 2.79. The Morgan fingerprint density at radius 1 is 1.45 bits per heavy atom. The molecule has 1 heterocycles. The second-order valence-electron chi connectivity index (χ2n) is 5.90. The van der Waals surface area contributed by atoms with E-state index >= 15 is 0 Å². The molecule has 1 atom stereocenters. The standard InChI is InChI=1S/C17H23NO2/c1-13(2)15-9-10-18(11-15)12-16-6-4-3-5-14(16)7-8-17(19)20/h3-8,13,15H,9-12H2,1-2H3,(H,19,20)/b8-7+. The Morgan fingerprint density at radius 2 is 2.20 bits per heavy atom. The molecule has 0 bridgehead atoms. The van der Waals surface area contributed by atoms with Crippen LogP contribution in [0, 0.1) is 11.8 Å². The number of rotatable bonds is 5. The molecule has 1 fully saturated rings. The number of hydrogen-bond donors (Lipinski definition) is 1. The van der Waals surface area contributed by atoms with Gasteiger partial charge in [-0.25, -0.2) is 4.79 Å². The minimum atomic E-state index is -0.902. The zero-order valence-corrected chi connectivity index (χ0v) is 12.2. The lowest BCUT2D eigenvalue weighted by Gasteiger charge is -2.19. The number of carboxylic acid groups (broad SMARTS) is 1. The summed E-state index contributed by atoms with van der Waals surface area (Å²) in [6, 6.07) is 8.03. The Kier molecular flexibility index (Phi) is 4.96. The summed E-state index contributed by atoms with van der Waals surface area (Å²) < 4.78 is 0. The van der Waals surface area contributed by atoms with Crippen LogP contribution < -0.4 is 0 Å². The SMILES string of the molecule is CC(C)C1CCN(Cc2ccccc2/C=C/C(=O)O)C1. The lowest BCUT2D eigenvalue weighted by atomic mass is 9.95. The number of benzene rings is 1. The molecular weight excluding hydrogens is 250 g/mol. The van der Waals surface area contributed by atoms with Crippen LogP contribution in [0.5, 0.6) is 0 Å². The van der Waals surface area contributed by atoms with Crippen molar-refractivity contribution in [1.82, 2.24) is 4.90 Å². The predicted molar refractivity (Wildman–Crippen MR) is 81.3 cm³/mol. The average Bonchev–Trinajstić information content (AvgIpc) is 2.86. The Bertz CT molecular complexity index is 494. The van der Waals surface area contributed by atoms with Crippen molar-refractivity contribution >= 4 is 12.0 Å². The lowest BCUT2D eigenvalue weighted by molar-refractivity contribution is -0.131. The number of likely N-dealkylation sites (tertiary alicyclic amines) is 1. The van der Waals surface area contributed by atoms with Crippen molar-refractivity contribution in [2.45, 2.75) is 26.8 Å². The summed E-state index contributed by atoms with van der Waals surface area (Å²) in [5.74, 6) is 0.625. The first kappa shape index (κ1) is 14.8. The van der Waals surface area contributed by atoms with Crippen LogP contribution in [0.1, 0.15) is 31.4 Å². The first-order chi connectivity index (χ1) is 9.56. The van der Waals surface area contributed by atoms with E-state index in [4.69, 9.17) is 5.11 Å². The minimum absolute atomic E-state index is 0.738. The Hall–Kier alpha value is -1.61. The number of aliphatic carboxylic acids is 1. The van der Waals surface area contributed by atoms with Crippen molar-refractivity contribution in [2.24, 2.45) is 11.8 Å². The van der Waals surface area contributed by atoms with E-state index in [1.165, 1.54) is 18.1 Å². The minimum Gasteiger partial charge on any atom is -0.478 e. The van der Waals surface area contributed by atoms with Crippen molar-refractivity contribution in [2.75, 3.05) is 13.1 Å². The number of nitrogens with zero attached hydrogens (tertiary/aromatic N) is 1. The summed E-state index contributed by atoms with van der Waals surface area (Å²) in [5.41, 5.74) is 2.21. The normalized spacial score (nSPS) is 20.1. The molecule has 1 aliphatic heterocycles. The molecule has 2 rings (SSSR count). The monoisotopic (exact) mass is 273 g/mol. The van der Waals surface area contributed by atoms with E-state index in [1.54, 1.807) is 6.08 Å². The lowest BCUT2D eigenvalue weighted by Crippen LogP contribution is -2.21. The molecule has 0 aliphatic carbocycles. The zero-order chi connectivity index (χ0) is 14.5. The third-order valence-corrected chi connectivity index (χ3v) is 4.11. The molecule has 0 amide bonds.